The molecule has 3 heterocycles. The van der Waals surface area contributed by atoms with Gasteiger partial charge in [-0.1, -0.05) is 18.2 Å². The first-order valence-electron chi connectivity index (χ1n) is 7.91. The first kappa shape index (κ1) is 16.6. The largest absolute Gasteiger partial charge is 0.394 e. The molecule has 4 rings (SSSR count). The summed E-state index contributed by atoms with van der Waals surface area (Å²) in [6.45, 7) is -0.458. The second-order valence-corrected chi connectivity index (χ2v) is 6.92. The summed E-state index contributed by atoms with van der Waals surface area (Å²) in [7, 11) is 0. The second-order valence-electron chi connectivity index (χ2n) is 6.02. The molecule has 1 aromatic carbocycles. The monoisotopic (exact) mass is 362 g/mol. The molecule has 4 N–H and O–H groups in total. The van der Waals surface area contributed by atoms with Gasteiger partial charge in [0.05, 0.1) is 12.1 Å². The number of fused-ring (bicyclic) bond motifs is 1. The van der Waals surface area contributed by atoms with Crippen molar-refractivity contribution in [2.45, 2.75) is 30.6 Å². The first-order chi connectivity index (χ1) is 12.1. The highest BCUT2D eigenvalue weighted by Crippen LogP contribution is 2.37. The van der Waals surface area contributed by atoms with E-state index in [2.05, 4.69) is 4.98 Å². The van der Waals surface area contributed by atoms with Gasteiger partial charge in [-0.3, -0.25) is 0 Å². The molecule has 0 saturated carbocycles. The smallest absolute Gasteiger partial charge is 0.163 e. The fourth-order valence-corrected chi connectivity index (χ4v) is 3.92. The minimum absolute atomic E-state index is 0.458. The molecule has 1 aliphatic rings. The lowest BCUT2D eigenvalue weighted by atomic mass is 9.98. The Morgan fingerprint density at radius 2 is 1.92 bits per heavy atom. The Kier molecular flexibility index (Phi) is 4.32. The molecule has 0 spiro atoms. The zero-order valence-electron chi connectivity index (χ0n) is 13.1. The number of nitrogens with zero attached hydrogens (tertiary/aromatic N) is 2. The van der Waals surface area contributed by atoms with Gasteiger partial charge in [0.2, 0.25) is 0 Å². The number of aliphatic hydroxyl groups is 4. The molecule has 25 heavy (non-hydrogen) atoms. The fourth-order valence-electron chi connectivity index (χ4n) is 3.25. The summed E-state index contributed by atoms with van der Waals surface area (Å²) in [5, 5.41) is 43.5. The van der Waals surface area contributed by atoms with Gasteiger partial charge in [-0.15, -0.1) is 11.3 Å². The van der Waals surface area contributed by atoms with Crippen LogP contribution in [-0.2, 0) is 4.74 Å². The van der Waals surface area contributed by atoms with Gasteiger partial charge in [0, 0.05) is 28.7 Å². The number of aromatic nitrogens is 2. The third-order valence-corrected chi connectivity index (χ3v) is 5.35. The van der Waals surface area contributed by atoms with E-state index in [0.717, 1.165) is 21.5 Å². The Morgan fingerprint density at radius 3 is 2.64 bits per heavy atom. The average Bonchev–Trinajstić information content (AvgIpc) is 3.28. The van der Waals surface area contributed by atoms with Crippen LogP contribution in [0.25, 0.3) is 21.5 Å². The average molecular weight is 362 g/mol. The van der Waals surface area contributed by atoms with Crippen LogP contribution in [0, 0.1) is 0 Å². The van der Waals surface area contributed by atoms with E-state index in [0.29, 0.717) is 0 Å². The number of thiazole rings is 1. The predicted molar refractivity (Wildman–Crippen MR) is 92.1 cm³/mol. The molecule has 2 aromatic heterocycles. The molecule has 0 bridgehead atoms. The van der Waals surface area contributed by atoms with E-state index < -0.39 is 37.3 Å². The van der Waals surface area contributed by atoms with E-state index in [-0.39, 0.29) is 0 Å². The van der Waals surface area contributed by atoms with Crippen molar-refractivity contribution in [3.8, 4) is 10.6 Å². The Hall–Kier alpha value is -1.81. The van der Waals surface area contributed by atoms with E-state index in [1.54, 1.807) is 10.8 Å². The predicted octanol–water partition coefficient (Wildman–Crippen LogP) is 0.737. The highest BCUT2D eigenvalue weighted by molar-refractivity contribution is 7.13. The summed E-state index contributed by atoms with van der Waals surface area (Å²) in [5.41, 5.74) is 1.69. The summed E-state index contributed by atoms with van der Waals surface area (Å²) in [5.74, 6) is 0. The van der Waals surface area contributed by atoms with Gasteiger partial charge in [-0.05, 0) is 6.07 Å². The second kappa shape index (κ2) is 6.49. The van der Waals surface area contributed by atoms with Crippen molar-refractivity contribution in [3.63, 3.8) is 0 Å². The molecule has 1 fully saturated rings. The van der Waals surface area contributed by atoms with Crippen LogP contribution in [0.2, 0.25) is 0 Å². The third-order valence-electron chi connectivity index (χ3n) is 4.54. The summed E-state index contributed by atoms with van der Waals surface area (Å²) >= 11 is 1.50. The van der Waals surface area contributed by atoms with Crippen molar-refractivity contribution >= 4 is 22.2 Å². The van der Waals surface area contributed by atoms with Gasteiger partial charge >= 0.3 is 0 Å². The van der Waals surface area contributed by atoms with Gasteiger partial charge in [0.1, 0.15) is 29.4 Å². The van der Waals surface area contributed by atoms with Crippen LogP contribution in [0.5, 0.6) is 0 Å². The Morgan fingerprint density at radius 1 is 1.12 bits per heavy atom. The Balaban J connectivity index is 1.84. The molecule has 3 aromatic rings. The molecule has 0 unspecified atom stereocenters. The summed E-state index contributed by atoms with van der Waals surface area (Å²) in [6.07, 6.45) is -2.48. The number of benzene rings is 1. The standard InChI is InChI=1S/C17H18N2O5S/c20-8-12-13(21)14(22)15(23)17(24-12)19-7-10(16-18-5-6-25-16)9-3-1-2-4-11(9)19/h1-7,12-15,17,20-23H,8H2/t12-,13-,14+,15-,17-/m1/s1. The zero-order chi connectivity index (χ0) is 17.6. The van der Waals surface area contributed by atoms with Gasteiger partial charge in [-0.25, -0.2) is 4.98 Å². The van der Waals surface area contributed by atoms with Crippen molar-refractivity contribution in [1.82, 2.24) is 9.55 Å². The molecule has 0 radical (unpaired) electrons. The maximum atomic E-state index is 10.4. The number of hydrogen-bond donors (Lipinski definition) is 4. The van der Waals surface area contributed by atoms with E-state index in [9.17, 15) is 20.4 Å². The van der Waals surface area contributed by atoms with Crippen LogP contribution in [0.1, 0.15) is 6.23 Å². The molecular formula is C17H18N2O5S. The van der Waals surface area contributed by atoms with E-state index >= 15 is 0 Å². The van der Waals surface area contributed by atoms with E-state index in [1.807, 2.05) is 35.8 Å². The molecule has 1 saturated heterocycles. The molecule has 8 heteroatoms. The van der Waals surface area contributed by atoms with Crippen molar-refractivity contribution in [3.05, 3.63) is 42.0 Å². The topological polar surface area (TPSA) is 108 Å². The lowest BCUT2D eigenvalue weighted by molar-refractivity contribution is -0.250. The van der Waals surface area contributed by atoms with Crippen LogP contribution in [0.4, 0.5) is 0 Å². The van der Waals surface area contributed by atoms with Crippen LogP contribution in [0.3, 0.4) is 0 Å². The lowest BCUT2D eigenvalue weighted by Gasteiger charge is -2.40. The van der Waals surface area contributed by atoms with Crippen molar-refractivity contribution in [2.75, 3.05) is 6.61 Å². The highest BCUT2D eigenvalue weighted by Gasteiger charge is 2.44. The fraction of sp³-hybridized carbons (Fsp3) is 0.353. The zero-order valence-corrected chi connectivity index (χ0v) is 14.0. The number of rotatable bonds is 3. The number of aliphatic hydroxyl groups excluding tert-OH is 4. The van der Waals surface area contributed by atoms with Gasteiger partial charge in [0.15, 0.2) is 6.23 Å². The quantitative estimate of drug-likeness (QED) is 0.547. The van der Waals surface area contributed by atoms with Crippen molar-refractivity contribution in [1.29, 1.82) is 0 Å². The molecule has 0 amide bonds. The van der Waals surface area contributed by atoms with Crippen molar-refractivity contribution in [2.24, 2.45) is 0 Å². The van der Waals surface area contributed by atoms with Crippen LogP contribution < -0.4 is 0 Å². The normalized spacial score (nSPS) is 30.0. The number of hydrogen-bond acceptors (Lipinski definition) is 7. The van der Waals surface area contributed by atoms with Crippen LogP contribution >= 0.6 is 11.3 Å². The molecule has 7 nitrogen and oxygen atoms in total. The molecule has 1 aliphatic heterocycles. The van der Waals surface area contributed by atoms with Gasteiger partial charge < -0.3 is 29.7 Å². The van der Waals surface area contributed by atoms with Crippen LogP contribution in [0.15, 0.2) is 42.0 Å². The maximum Gasteiger partial charge on any atom is 0.163 e. The number of para-hydroxylation sites is 1. The SMILES string of the molecule is OC[C@H]1O[C@@H](n2cc(-c3nccs3)c3ccccc32)[C@H](O)[C@@H](O)[C@@H]1O. The summed E-state index contributed by atoms with van der Waals surface area (Å²) < 4.78 is 7.41. The van der Waals surface area contributed by atoms with Gasteiger partial charge in [0.25, 0.3) is 0 Å². The molecular weight excluding hydrogens is 344 g/mol. The summed E-state index contributed by atoms with van der Waals surface area (Å²) in [6, 6.07) is 7.62. The molecule has 132 valence electrons. The lowest BCUT2D eigenvalue weighted by Crippen LogP contribution is -2.56. The highest BCUT2D eigenvalue weighted by atomic mass is 32.1. The number of ether oxygens (including phenoxy) is 1. The first-order valence-corrected chi connectivity index (χ1v) is 8.79. The molecule has 0 aliphatic carbocycles. The van der Waals surface area contributed by atoms with Gasteiger partial charge in [-0.2, -0.15) is 0 Å². The minimum Gasteiger partial charge on any atom is -0.394 e. The van der Waals surface area contributed by atoms with E-state index in [1.165, 1.54) is 11.3 Å². The maximum absolute atomic E-state index is 10.4. The Bertz CT molecular complexity index is 863. The molecule has 5 atom stereocenters. The van der Waals surface area contributed by atoms with Crippen LogP contribution in [-0.4, -0.2) is 61.0 Å². The summed E-state index contributed by atoms with van der Waals surface area (Å²) in [4.78, 5) is 4.34. The Labute approximate surface area is 147 Å². The van der Waals surface area contributed by atoms with Crippen molar-refractivity contribution < 1.29 is 25.2 Å². The van der Waals surface area contributed by atoms with E-state index in [4.69, 9.17) is 4.74 Å². The third kappa shape index (κ3) is 2.67. The minimum atomic E-state index is -1.42.